The maximum absolute atomic E-state index is 12.9. The molecule has 8 nitrogen and oxygen atoms in total. The standard InChI is InChI=1S/C20H17Cl2NO7/c1-4-29-19(24)11(2)17(12-5-7-13(8-6-12)23(26)27)30-20(25)16-14(21)9-10-15(22)18(16)28-3/h5-10,17H,2,4H2,1,3H3. The molecule has 2 aromatic rings. The SMILES string of the molecule is C=C(C(=O)OCC)C(OC(=O)c1c(Cl)ccc(Cl)c1OC)c1ccc([N+](=O)[O-])cc1. The minimum atomic E-state index is -1.29. The fourth-order valence-corrected chi connectivity index (χ4v) is 2.99. The van der Waals surface area contributed by atoms with Crippen molar-refractivity contribution >= 4 is 40.8 Å². The van der Waals surface area contributed by atoms with Gasteiger partial charge in [-0.05, 0) is 36.8 Å². The molecule has 1 atom stereocenters. The molecule has 0 heterocycles. The van der Waals surface area contributed by atoms with E-state index in [2.05, 4.69) is 6.58 Å². The number of halogens is 2. The quantitative estimate of drug-likeness (QED) is 0.241. The van der Waals surface area contributed by atoms with Crippen LogP contribution in [0.4, 0.5) is 5.69 Å². The number of non-ortho nitro benzene ring substituents is 1. The average Bonchev–Trinajstić information content (AvgIpc) is 2.72. The van der Waals surface area contributed by atoms with Crippen LogP contribution >= 0.6 is 23.2 Å². The number of nitro groups is 1. The van der Waals surface area contributed by atoms with E-state index in [1.807, 2.05) is 0 Å². The number of ether oxygens (including phenoxy) is 3. The summed E-state index contributed by atoms with van der Waals surface area (Å²) in [6.07, 6.45) is -1.29. The highest BCUT2D eigenvalue weighted by Gasteiger charge is 2.30. The summed E-state index contributed by atoms with van der Waals surface area (Å²) in [5.74, 6) is -1.73. The topological polar surface area (TPSA) is 105 Å². The number of methoxy groups -OCH3 is 1. The van der Waals surface area contributed by atoms with Crippen molar-refractivity contribution in [1.82, 2.24) is 0 Å². The molecule has 10 heteroatoms. The summed E-state index contributed by atoms with van der Waals surface area (Å²) in [7, 11) is 1.31. The zero-order valence-electron chi connectivity index (χ0n) is 16.0. The summed E-state index contributed by atoms with van der Waals surface area (Å²) in [5.41, 5.74) is -0.236. The van der Waals surface area contributed by atoms with Crippen molar-refractivity contribution in [2.75, 3.05) is 13.7 Å². The predicted molar refractivity (Wildman–Crippen MR) is 110 cm³/mol. The average molecular weight is 454 g/mol. The van der Waals surface area contributed by atoms with Gasteiger partial charge in [0, 0.05) is 12.1 Å². The Labute approximate surface area is 182 Å². The minimum Gasteiger partial charge on any atom is -0.494 e. The maximum atomic E-state index is 12.9. The van der Waals surface area contributed by atoms with E-state index in [1.54, 1.807) is 6.92 Å². The van der Waals surface area contributed by atoms with Crippen molar-refractivity contribution in [2.24, 2.45) is 0 Å². The monoisotopic (exact) mass is 453 g/mol. The van der Waals surface area contributed by atoms with E-state index in [9.17, 15) is 19.7 Å². The summed E-state index contributed by atoms with van der Waals surface area (Å²) in [6.45, 7) is 5.34. The van der Waals surface area contributed by atoms with Crippen LogP contribution in [0.25, 0.3) is 0 Å². The molecule has 0 aliphatic heterocycles. The first-order valence-corrected chi connectivity index (χ1v) is 9.30. The van der Waals surface area contributed by atoms with Crippen molar-refractivity contribution in [3.63, 3.8) is 0 Å². The molecule has 0 amide bonds. The number of hydrogen-bond donors (Lipinski definition) is 0. The molecule has 0 aliphatic carbocycles. The lowest BCUT2D eigenvalue weighted by Crippen LogP contribution is -2.20. The Hall–Kier alpha value is -3.10. The molecular weight excluding hydrogens is 437 g/mol. The van der Waals surface area contributed by atoms with Crippen molar-refractivity contribution in [3.8, 4) is 5.75 Å². The maximum Gasteiger partial charge on any atom is 0.344 e. The summed E-state index contributed by atoms with van der Waals surface area (Å²) >= 11 is 12.2. The molecule has 0 radical (unpaired) electrons. The lowest BCUT2D eigenvalue weighted by Gasteiger charge is -2.21. The third-order valence-electron chi connectivity index (χ3n) is 3.95. The van der Waals surface area contributed by atoms with Crippen LogP contribution in [0, 0.1) is 10.1 Å². The third kappa shape index (κ3) is 5.08. The van der Waals surface area contributed by atoms with Gasteiger partial charge in [-0.1, -0.05) is 29.8 Å². The number of nitrogens with zero attached hydrogens (tertiary/aromatic N) is 1. The van der Waals surface area contributed by atoms with Gasteiger partial charge >= 0.3 is 11.9 Å². The molecular formula is C20H17Cl2NO7. The van der Waals surface area contributed by atoms with Gasteiger partial charge in [0.25, 0.3) is 5.69 Å². The normalized spacial score (nSPS) is 11.3. The first kappa shape index (κ1) is 23.2. The first-order valence-electron chi connectivity index (χ1n) is 8.54. The smallest absolute Gasteiger partial charge is 0.344 e. The van der Waals surface area contributed by atoms with E-state index in [0.29, 0.717) is 0 Å². The van der Waals surface area contributed by atoms with Crippen LogP contribution in [0.5, 0.6) is 5.75 Å². The van der Waals surface area contributed by atoms with E-state index in [0.717, 1.165) is 0 Å². The van der Waals surface area contributed by atoms with E-state index < -0.39 is 23.0 Å². The molecule has 2 rings (SSSR count). The molecule has 0 aliphatic rings. The molecule has 0 saturated carbocycles. The second-order valence-corrected chi connectivity index (χ2v) is 6.63. The van der Waals surface area contributed by atoms with Crippen LogP contribution in [0.3, 0.4) is 0 Å². The largest absolute Gasteiger partial charge is 0.494 e. The Morgan fingerprint density at radius 3 is 2.27 bits per heavy atom. The molecule has 30 heavy (non-hydrogen) atoms. The number of rotatable bonds is 8. The van der Waals surface area contributed by atoms with Gasteiger partial charge in [0.05, 0.1) is 34.3 Å². The Balaban J connectivity index is 2.47. The number of esters is 2. The van der Waals surface area contributed by atoms with E-state index in [4.69, 9.17) is 37.4 Å². The Morgan fingerprint density at radius 1 is 1.13 bits per heavy atom. The van der Waals surface area contributed by atoms with E-state index >= 15 is 0 Å². The second kappa shape index (κ2) is 10.1. The van der Waals surface area contributed by atoms with Crippen molar-refractivity contribution < 1.29 is 28.7 Å². The Morgan fingerprint density at radius 2 is 1.73 bits per heavy atom. The van der Waals surface area contributed by atoms with Crippen molar-refractivity contribution in [2.45, 2.75) is 13.0 Å². The van der Waals surface area contributed by atoms with Crippen LogP contribution in [-0.2, 0) is 14.3 Å². The Kier molecular flexibility index (Phi) is 7.79. The number of hydrogen-bond acceptors (Lipinski definition) is 7. The number of carbonyl (C=O) groups excluding carboxylic acids is 2. The van der Waals surface area contributed by atoms with Gasteiger partial charge in [0.15, 0.2) is 11.9 Å². The van der Waals surface area contributed by atoms with Crippen LogP contribution in [-0.4, -0.2) is 30.6 Å². The van der Waals surface area contributed by atoms with Crippen LogP contribution in [0.2, 0.25) is 10.0 Å². The van der Waals surface area contributed by atoms with Gasteiger partial charge in [0.1, 0.15) is 5.56 Å². The predicted octanol–water partition coefficient (Wildman–Crippen LogP) is 4.93. The third-order valence-corrected chi connectivity index (χ3v) is 4.57. The molecule has 0 bridgehead atoms. The molecule has 0 N–H and O–H groups in total. The number of benzene rings is 2. The highest BCUT2D eigenvalue weighted by atomic mass is 35.5. The van der Waals surface area contributed by atoms with E-state index in [-0.39, 0.29) is 44.8 Å². The summed E-state index contributed by atoms with van der Waals surface area (Å²) in [5, 5.41) is 11.0. The van der Waals surface area contributed by atoms with Gasteiger partial charge < -0.3 is 14.2 Å². The summed E-state index contributed by atoms with van der Waals surface area (Å²) < 4.78 is 15.6. The zero-order valence-corrected chi connectivity index (χ0v) is 17.5. The van der Waals surface area contributed by atoms with Gasteiger partial charge in [0.2, 0.25) is 0 Å². The minimum absolute atomic E-state index is 0.00152. The lowest BCUT2D eigenvalue weighted by molar-refractivity contribution is -0.384. The molecule has 0 spiro atoms. The highest BCUT2D eigenvalue weighted by Crippen LogP contribution is 2.36. The molecule has 0 saturated heterocycles. The number of nitro benzene ring substituents is 1. The van der Waals surface area contributed by atoms with Crippen molar-refractivity contribution in [1.29, 1.82) is 0 Å². The van der Waals surface area contributed by atoms with Gasteiger partial charge in [-0.2, -0.15) is 0 Å². The zero-order chi connectivity index (χ0) is 22.4. The fourth-order valence-electron chi connectivity index (χ4n) is 2.53. The molecule has 0 fully saturated rings. The van der Waals surface area contributed by atoms with Crippen LogP contribution in [0.1, 0.15) is 28.9 Å². The molecule has 0 aromatic heterocycles. The molecule has 2 aromatic carbocycles. The lowest BCUT2D eigenvalue weighted by atomic mass is 10.0. The Bertz CT molecular complexity index is 989. The fraction of sp³-hybridized carbons (Fsp3) is 0.200. The van der Waals surface area contributed by atoms with Crippen LogP contribution < -0.4 is 4.74 Å². The first-order chi connectivity index (χ1) is 14.2. The van der Waals surface area contributed by atoms with Gasteiger partial charge in [-0.15, -0.1) is 0 Å². The van der Waals surface area contributed by atoms with Crippen LogP contribution in [0.15, 0.2) is 48.6 Å². The van der Waals surface area contributed by atoms with Crippen molar-refractivity contribution in [3.05, 3.63) is 79.8 Å². The van der Waals surface area contributed by atoms with Gasteiger partial charge in [-0.3, -0.25) is 10.1 Å². The number of carbonyl (C=O) groups is 2. The highest BCUT2D eigenvalue weighted by molar-refractivity contribution is 6.37. The molecule has 1 unspecified atom stereocenters. The van der Waals surface area contributed by atoms with Gasteiger partial charge in [-0.25, -0.2) is 9.59 Å². The second-order valence-electron chi connectivity index (χ2n) is 5.82. The summed E-state index contributed by atoms with van der Waals surface area (Å²) in [6, 6.07) is 7.95. The summed E-state index contributed by atoms with van der Waals surface area (Å²) in [4.78, 5) is 35.4. The molecule has 158 valence electrons. The van der Waals surface area contributed by atoms with E-state index in [1.165, 1.54) is 43.5 Å².